The van der Waals surface area contributed by atoms with Gasteiger partial charge in [0.1, 0.15) is 0 Å². The number of rotatable bonds is 30. The number of benzene rings is 19. The second-order valence-electron chi connectivity index (χ2n) is 34.6. The third-order valence-corrected chi connectivity index (χ3v) is 37.4. The largest absolute Gasteiger partial charge is 0.356 e. The zero-order valence-corrected chi connectivity index (χ0v) is 86.2. The zero-order valence-electron chi connectivity index (χ0n) is 77.3. The first-order valence-electron chi connectivity index (χ1n) is 47.3. The van der Waals surface area contributed by atoms with Gasteiger partial charge in [-0.05, 0) is 326 Å². The summed E-state index contributed by atoms with van der Waals surface area (Å²) in [5.41, 5.74) is 26.2. The van der Waals surface area contributed by atoms with E-state index in [1.807, 2.05) is 12.1 Å². The summed E-state index contributed by atoms with van der Waals surface area (Å²) in [5, 5.41) is 18.0. The van der Waals surface area contributed by atoms with Crippen LogP contribution in [0.5, 0.6) is 0 Å². The van der Waals surface area contributed by atoms with E-state index in [4.69, 9.17) is 0 Å². The van der Waals surface area contributed by atoms with Crippen LogP contribution >= 0.6 is 70.4 Å². The molecule has 0 aliphatic heterocycles. The lowest BCUT2D eigenvalue weighted by Crippen LogP contribution is -2.74. The number of anilines is 10. The number of halogens is 4. The van der Waals surface area contributed by atoms with Gasteiger partial charge in [0.2, 0.25) is 0 Å². The standard InChI is InChI=1S/C66H56Br2N2Si.C54H50N2Si.C6H4BrI/c1-3-11-49-17-21-51(22-18-49)53-25-33-57(34-26-53)69(59-37-29-55(67)30-38-59)61-41-45-65(46-42-61)71(63-13-7-5-8-14-63,64-15-9-6-10-16-64)66-47-43-62(44-48-66)70(60-39-31-56(68)32-40-60)58-35-27-54(28-36-58)52-23-19-50(12-4-2)20-24-52;1-3-11-41-17-21-43(22-18-41)45-25-29-47(30-26-45)55-49-33-37-53(38-34-49)57(51-13-7-5-8-14-51,52-15-9-6-10-16-52)54-39-35-50(36-40-54)56-48-31-27-46(28-32-48)44-23-19-42(12-4-2)20-24-44;7-5-1-3-6(8)4-2-5/h5-10,13-48H,3-4,11-12H2,1-2H3;5-10,13-40,55-56H,3-4,11-12H2,1-2H3;1-4H. The maximum atomic E-state index is 3.69. The molecule has 0 unspecified atom stereocenters. The maximum Gasteiger partial charge on any atom is 0.179 e. The fraction of sp³-hybridized carbons (Fsp3) is 0.0952. The monoisotopic (exact) mass is 2100 g/mol. The van der Waals surface area contributed by atoms with Crippen LogP contribution < -0.4 is 61.9 Å². The Morgan fingerprint density at radius 2 is 0.353 bits per heavy atom. The Kier molecular flexibility index (Phi) is 32.1. The minimum absolute atomic E-state index is 1.05. The first-order valence-corrected chi connectivity index (χ1v) is 54.8. The second-order valence-corrected chi connectivity index (χ2v) is 46.2. The molecule has 4 nitrogen and oxygen atoms in total. The van der Waals surface area contributed by atoms with E-state index in [2.05, 4.69) is 592 Å². The molecule has 0 saturated carbocycles. The van der Waals surface area contributed by atoms with E-state index >= 15 is 0 Å². The molecule has 670 valence electrons. The van der Waals surface area contributed by atoms with Gasteiger partial charge in [0.05, 0.1) is 0 Å². The Balaban J connectivity index is 0.000000178. The summed E-state index contributed by atoms with van der Waals surface area (Å²) in [4.78, 5) is 4.72. The average molecular weight is 2100 g/mol. The van der Waals surface area contributed by atoms with E-state index in [0.717, 1.165) is 109 Å². The Bertz CT molecular complexity index is 6530. The zero-order chi connectivity index (χ0) is 93.4. The van der Waals surface area contributed by atoms with E-state index in [1.165, 1.54) is 125 Å². The van der Waals surface area contributed by atoms with Gasteiger partial charge in [-0.1, -0.05) is 417 Å². The van der Waals surface area contributed by atoms with Crippen LogP contribution in [0, 0.1) is 3.57 Å². The van der Waals surface area contributed by atoms with Gasteiger partial charge in [0.15, 0.2) is 16.1 Å². The summed E-state index contributed by atoms with van der Waals surface area (Å²) in [7, 11) is -5.60. The van der Waals surface area contributed by atoms with E-state index in [0.29, 0.717) is 0 Å². The summed E-state index contributed by atoms with van der Waals surface area (Å²) in [5.74, 6) is 0. The molecule has 0 aliphatic rings. The molecule has 0 aromatic heterocycles. The number of hydrogen-bond acceptors (Lipinski definition) is 4. The predicted molar refractivity (Wildman–Crippen MR) is 609 cm³/mol. The Morgan fingerprint density at radius 3 is 0.559 bits per heavy atom. The van der Waals surface area contributed by atoms with E-state index < -0.39 is 16.1 Å². The third kappa shape index (κ3) is 22.7. The quantitative estimate of drug-likeness (QED) is 0.0267. The lowest BCUT2D eigenvalue weighted by molar-refractivity contribution is 0.922. The highest BCUT2D eigenvalue weighted by Gasteiger charge is 2.43. The molecule has 19 rings (SSSR count). The predicted octanol–water partition coefficient (Wildman–Crippen LogP) is 31.6. The number of aryl methyl sites for hydroxylation is 4. The van der Waals surface area contributed by atoms with Gasteiger partial charge in [-0.2, -0.15) is 0 Å². The first kappa shape index (κ1) is 94.7. The van der Waals surface area contributed by atoms with Crippen molar-refractivity contribution in [2.24, 2.45) is 0 Å². The van der Waals surface area contributed by atoms with Crippen LogP contribution in [0.1, 0.15) is 75.6 Å². The number of hydrogen-bond donors (Lipinski definition) is 2. The Morgan fingerprint density at radius 1 is 0.191 bits per heavy atom. The van der Waals surface area contributed by atoms with E-state index in [1.54, 1.807) is 0 Å². The van der Waals surface area contributed by atoms with Gasteiger partial charge >= 0.3 is 0 Å². The van der Waals surface area contributed by atoms with Crippen molar-refractivity contribution >= 4 is 185 Å². The molecule has 0 aliphatic carbocycles. The number of nitrogens with zero attached hydrogens (tertiary/aromatic N) is 2. The fourth-order valence-electron chi connectivity index (χ4n) is 18.6. The van der Waals surface area contributed by atoms with E-state index in [-0.39, 0.29) is 0 Å². The van der Waals surface area contributed by atoms with Crippen molar-refractivity contribution in [1.82, 2.24) is 0 Å². The van der Waals surface area contributed by atoms with Crippen LogP contribution in [0.2, 0.25) is 0 Å². The van der Waals surface area contributed by atoms with Crippen LogP contribution in [-0.2, 0) is 25.7 Å². The van der Waals surface area contributed by atoms with E-state index in [9.17, 15) is 0 Å². The van der Waals surface area contributed by atoms with Gasteiger partial charge in [-0.15, -0.1) is 0 Å². The van der Waals surface area contributed by atoms with Gasteiger partial charge in [-0.3, -0.25) is 0 Å². The van der Waals surface area contributed by atoms with Crippen LogP contribution in [0.3, 0.4) is 0 Å². The highest BCUT2D eigenvalue weighted by atomic mass is 127. The normalized spacial score (nSPS) is 11.2. The molecule has 19 aromatic carbocycles. The van der Waals surface area contributed by atoms with Gasteiger partial charge in [-0.25, -0.2) is 0 Å². The molecule has 10 heteroatoms. The molecule has 136 heavy (non-hydrogen) atoms. The maximum absolute atomic E-state index is 3.69. The smallest absolute Gasteiger partial charge is 0.179 e. The first-order chi connectivity index (χ1) is 66.8. The minimum Gasteiger partial charge on any atom is -0.356 e. The Labute approximate surface area is 845 Å². The highest BCUT2D eigenvalue weighted by molar-refractivity contribution is 14.1. The summed E-state index contributed by atoms with van der Waals surface area (Å²) < 4.78 is 4.50. The average Bonchev–Trinajstić information content (AvgIpc) is 0.745. The molecule has 0 fully saturated rings. The fourth-order valence-corrected chi connectivity index (χ4v) is 29.2. The van der Waals surface area contributed by atoms with Crippen LogP contribution in [0.4, 0.5) is 56.9 Å². The molecule has 0 radical (unpaired) electrons. The van der Waals surface area contributed by atoms with Crippen LogP contribution in [0.25, 0.3) is 44.5 Å². The molecule has 2 N–H and O–H groups in total. The van der Waals surface area contributed by atoms with Gasteiger partial charge < -0.3 is 20.4 Å². The van der Waals surface area contributed by atoms with Crippen LogP contribution in [-0.4, -0.2) is 16.1 Å². The van der Waals surface area contributed by atoms with Crippen molar-refractivity contribution in [2.75, 3.05) is 20.4 Å². The summed E-state index contributed by atoms with van der Waals surface area (Å²) in [6, 6.07) is 179. The molecule has 0 atom stereocenters. The van der Waals surface area contributed by atoms with Crippen molar-refractivity contribution in [3.63, 3.8) is 0 Å². The van der Waals surface area contributed by atoms with Crippen molar-refractivity contribution in [1.29, 1.82) is 0 Å². The lowest BCUT2D eigenvalue weighted by Gasteiger charge is -2.35. The van der Waals surface area contributed by atoms with Crippen molar-refractivity contribution in [2.45, 2.75) is 79.1 Å². The molecular weight excluding hydrogens is 1990 g/mol. The Hall–Kier alpha value is -13.0. The molecule has 0 spiro atoms. The summed E-state index contributed by atoms with van der Waals surface area (Å²) in [6.45, 7) is 8.92. The molecule has 0 heterocycles. The van der Waals surface area contributed by atoms with Crippen molar-refractivity contribution in [3.05, 3.63) is 525 Å². The summed E-state index contributed by atoms with van der Waals surface area (Å²) in [6.07, 6.45) is 9.07. The topological polar surface area (TPSA) is 30.5 Å². The highest BCUT2D eigenvalue weighted by Crippen LogP contribution is 2.40. The van der Waals surface area contributed by atoms with Crippen molar-refractivity contribution < 1.29 is 0 Å². The van der Waals surface area contributed by atoms with Gasteiger partial charge in [0.25, 0.3) is 0 Å². The molecule has 0 bridgehead atoms. The SMILES string of the molecule is Brc1ccc(I)cc1.CCCc1ccc(-c2ccc(N(c3ccc(Br)cc3)c3ccc([Si](c4ccccc4)(c4ccccc4)c4ccc(N(c5ccc(Br)cc5)c5ccc(-c6ccc(CCC)cc6)cc5)cc4)cc3)cc2)cc1.CCCc1ccc(-c2ccc(Nc3ccc([Si](c4ccccc4)(c4ccccc4)c4ccc(Nc5ccc(-c6ccc(CCC)cc6)cc5)cc4)cc3)cc2)cc1. The second kappa shape index (κ2) is 46.0. The minimum atomic E-state index is -2.91. The van der Waals surface area contributed by atoms with Crippen molar-refractivity contribution in [3.8, 4) is 44.5 Å². The molecular formula is C126H110Br3IN4Si2. The number of nitrogens with one attached hydrogen (secondary N) is 2. The lowest BCUT2D eigenvalue weighted by atomic mass is 10.0. The molecule has 0 saturated heterocycles. The molecule has 19 aromatic rings. The molecule has 0 amide bonds. The third-order valence-electron chi connectivity index (χ3n) is 25.5. The van der Waals surface area contributed by atoms with Gasteiger partial charge in [0, 0.05) is 73.9 Å². The summed E-state index contributed by atoms with van der Waals surface area (Å²) >= 11 is 13.0. The van der Waals surface area contributed by atoms with Crippen LogP contribution in [0.15, 0.2) is 499 Å².